The van der Waals surface area contributed by atoms with E-state index in [1.54, 1.807) is 61.5 Å². The maximum Gasteiger partial charge on any atom is 0.271 e. The van der Waals surface area contributed by atoms with Gasteiger partial charge in [0.2, 0.25) is 0 Å². The summed E-state index contributed by atoms with van der Waals surface area (Å²) >= 11 is 12.5. The van der Waals surface area contributed by atoms with Gasteiger partial charge in [-0.05, 0) is 54.0 Å². The van der Waals surface area contributed by atoms with Crippen LogP contribution in [0.4, 0.5) is 0 Å². The first kappa shape index (κ1) is 26.0. The third-order valence-corrected chi connectivity index (χ3v) is 6.69. The van der Waals surface area contributed by atoms with E-state index in [-0.39, 0.29) is 24.3 Å². The Balaban J connectivity index is 1.65. The SMILES string of the molecule is COc1cc(/C=C2/C(=O)N(Cc3ccccc3Cl)C(=O)C(C#N)=C2C)ccc1OCc1ccccc1Cl. The number of ether oxygens (including phenoxy) is 2. The molecule has 0 aromatic heterocycles. The van der Waals surface area contributed by atoms with Crippen LogP contribution in [0.15, 0.2) is 83.4 Å². The second-order valence-corrected chi connectivity index (χ2v) is 9.06. The van der Waals surface area contributed by atoms with E-state index in [9.17, 15) is 14.9 Å². The normalized spacial score (nSPS) is 14.7. The number of hydrogen-bond acceptors (Lipinski definition) is 5. The Morgan fingerprint density at radius 1 is 0.919 bits per heavy atom. The van der Waals surface area contributed by atoms with Gasteiger partial charge >= 0.3 is 0 Å². The van der Waals surface area contributed by atoms with Crippen molar-refractivity contribution in [3.8, 4) is 17.6 Å². The first-order valence-corrected chi connectivity index (χ1v) is 12.1. The van der Waals surface area contributed by atoms with Crippen molar-refractivity contribution in [1.82, 2.24) is 4.90 Å². The van der Waals surface area contributed by atoms with E-state index in [1.165, 1.54) is 7.11 Å². The van der Waals surface area contributed by atoms with Crippen LogP contribution in [0.2, 0.25) is 10.0 Å². The summed E-state index contributed by atoms with van der Waals surface area (Å²) in [4.78, 5) is 27.4. The van der Waals surface area contributed by atoms with E-state index in [2.05, 4.69) is 0 Å². The summed E-state index contributed by atoms with van der Waals surface area (Å²) < 4.78 is 11.4. The topological polar surface area (TPSA) is 79.6 Å². The van der Waals surface area contributed by atoms with Crippen molar-refractivity contribution in [3.63, 3.8) is 0 Å². The maximum absolute atomic E-state index is 13.4. The first-order chi connectivity index (χ1) is 17.8. The molecule has 1 heterocycles. The molecule has 0 atom stereocenters. The van der Waals surface area contributed by atoms with Gasteiger partial charge in [-0.15, -0.1) is 0 Å². The Morgan fingerprint density at radius 2 is 1.57 bits per heavy atom. The highest BCUT2D eigenvalue weighted by atomic mass is 35.5. The highest BCUT2D eigenvalue weighted by Gasteiger charge is 2.35. The fraction of sp³-hybridized carbons (Fsp3) is 0.138. The van der Waals surface area contributed by atoms with Gasteiger partial charge in [0.05, 0.1) is 13.7 Å². The van der Waals surface area contributed by atoms with Crippen LogP contribution >= 0.6 is 23.2 Å². The van der Waals surface area contributed by atoms with Gasteiger partial charge in [-0.25, -0.2) is 0 Å². The summed E-state index contributed by atoms with van der Waals surface area (Å²) in [5.41, 5.74) is 2.52. The number of benzene rings is 3. The molecule has 3 aromatic rings. The molecule has 6 nitrogen and oxygen atoms in total. The van der Waals surface area contributed by atoms with E-state index >= 15 is 0 Å². The zero-order valence-corrected chi connectivity index (χ0v) is 21.6. The average Bonchev–Trinajstić information content (AvgIpc) is 2.90. The second kappa shape index (κ2) is 11.3. The van der Waals surface area contributed by atoms with Crippen LogP contribution in [-0.4, -0.2) is 23.8 Å². The molecule has 4 rings (SSSR count). The Kier molecular flexibility index (Phi) is 7.98. The van der Waals surface area contributed by atoms with E-state index < -0.39 is 11.8 Å². The summed E-state index contributed by atoms with van der Waals surface area (Å²) in [5.74, 6) is -0.210. The number of hydrogen-bond donors (Lipinski definition) is 0. The van der Waals surface area contributed by atoms with Crippen LogP contribution in [0.1, 0.15) is 23.6 Å². The molecule has 0 aliphatic carbocycles. The van der Waals surface area contributed by atoms with Gasteiger partial charge in [0.1, 0.15) is 18.2 Å². The zero-order valence-electron chi connectivity index (χ0n) is 20.1. The van der Waals surface area contributed by atoms with Crippen LogP contribution in [0.25, 0.3) is 6.08 Å². The van der Waals surface area contributed by atoms with Gasteiger partial charge in [0, 0.05) is 21.2 Å². The minimum absolute atomic E-state index is 0.0503. The molecule has 0 radical (unpaired) electrons. The predicted molar refractivity (Wildman–Crippen MR) is 142 cm³/mol. The Labute approximate surface area is 224 Å². The lowest BCUT2D eigenvalue weighted by molar-refractivity contribution is -0.141. The molecule has 0 unspecified atom stereocenters. The summed E-state index contributed by atoms with van der Waals surface area (Å²) in [6.45, 7) is 1.79. The number of carbonyl (C=O) groups is 2. The second-order valence-electron chi connectivity index (χ2n) is 8.25. The molecule has 0 fully saturated rings. The number of nitrogens with zero attached hydrogens (tertiary/aromatic N) is 2. The number of halogens is 2. The van der Waals surface area contributed by atoms with Crippen LogP contribution in [0.3, 0.4) is 0 Å². The van der Waals surface area contributed by atoms with Gasteiger partial charge in [-0.1, -0.05) is 65.7 Å². The Hall–Kier alpha value is -4.05. The zero-order chi connectivity index (χ0) is 26.5. The smallest absolute Gasteiger partial charge is 0.271 e. The number of methoxy groups -OCH3 is 1. The Morgan fingerprint density at radius 3 is 2.19 bits per heavy atom. The number of carbonyl (C=O) groups excluding carboxylic acids is 2. The van der Waals surface area contributed by atoms with Crippen LogP contribution < -0.4 is 9.47 Å². The molecule has 37 heavy (non-hydrogen) atoms. The fourth-order valence-corrected chi connectivity index (χ4v) is 4.29. The molecule has 0 spiro atoms. The van der Waals surface area contributed by atoms with Gasteiger partial charge in [-0.2, -0.15) is 5.26 Å². The average molecular weight is 533 g/mol. The summed E-state index contributed by atoms with van der Waals surface area (Å²) in [5, 5.41) is 10.7. The van der Waals surface area contributed by atoms with Crippen molar-refractivity contribution in [2.75, 3.05) is 7.11 Å². The molecule has 0 saturated heterocycles. The van der Waals surface area contributed by atoms with Crippen molar-refractivity contribution >= 4 is 41.1 Å². The number of amides is 2. The van der Waals surface area contributed by atoms with E-state index in [0.717, 1.165) is 10.5 Å². The number of rotatable bonds is 7. The molecule has 0 saturated carbocycles. The van der Waals surface area contributed by atoms with Crippen LogP contribution in [-0.2, 0) is 22.7 Å². The molecular formula is C29H22Cl2N2O4. The highest BCUT2D eigenvalue weighted by molar-refractivity contribution is 6.31. The van der Waals surface area contributed by atoms with E-state index in [1.807, 2.05) is 24.3 Å². The standard InChI is InChI=1S/C29H22Cl2N2O4/c1-18-22(28(34)33(29(35)23(18)15-32)16-20-7-3-5-9-24(20)30)13-19-11-12-26(27(14-19)36-2)37-17-21-8-4-6-10-25(21)31/h3-14H,16-17H2,1-2H3/b22-13+. The molecule has 1 aliphatic heterocycles. The van der Waals surface area contributed by atoms with E-state index in [0.29, 0.717) is 38.2 Å². The minimum atomic E-state index is -0.650. The van der Waals surface area contributed by atoms with Gasteiger partial charge < -0.3 is 9.47 Å². The van der Waals surface area contributed by atoms with Crippen molar-refractivity contribution in [2.45, 2.75) is 20.1 Å². The molecular weight excluding hydrogens is 511 g/mol. The third kappa shape index (κ3) is 5.54. The van der Waals surface area contributed by atoms with Crippen LogP contribution in [0, 0.1) is 11.3 Å². The third-order valence-electron chi connectivity index (χ3n) is 5.95. The fourth-order valence-electron chi connectivity index (χ4n) is 3.90. The lowest BCUT2D eigenvalue weighted by Gasteiger charge is -2.27. The van der Waals surface area contributed by atoms with Gasteiger partial charge in [0.15, 0.2) is 11.5 Å². The van der Waals surface area contributed by atoms with Gasteiger partial charge in [-0.3, -0.25) is 14.5 Å². The quantitative estimate of drug-likeness (QED) is 0.260. The molecule has 8 heteroatoms. The van der Waals surface area contributed by atoms with Crippen molar-refractivity contribution in [1.29, 1.82) is 5.26 Å². The Bertz CT molecular complexity index is 1490. The summed E-state index contributed by atoms with van der Waals surface area (Å²) in [7, 11) is 1.52. The van der Waals surface area contributed by atoms with Crippen molar-refractivity contribution in [3.05, 3.63) is 110 Å². The molecule has 0 bridgehead atoms. The largest absolute Gasteiger partial charge is 0.493 e. The minimum Gasteiger partial charge on any atom is -0.493 e. The number of nitriles is 1. The maximum atomic E-state index is 13.4. The lowest BCUT2D eigenvalue weighted by atomic mass is 9.93. The molecule has 186 valence electrons. The summed E-state index contributed by atoms with van der Waals surface area (Å²) in [6, 6.07) is 21.5. The lowest BCUT2D eigenvalue weighted by Crippen LogP contribution is -2.42. The molecule has 0 N–H and O–H groups in total. The molecule has 2 amide bonds. The predicted octanol–water partition coefficient (Wildman–Crippen LogP) is 6.37. The monoisotopic (exact) mass is 532 g/mol. The van der Waals surface area contributed by atoms with Crippen LogP contribution in [0.5, 0.6) is 11.5 Å². The van der Waals surface area contributed by atoms with E-state index in [4.69, 9.17) is 32.7 Å². The van der Waals surface area contributed by atoms with Crippen molar-refractivity contribution in [2.24, 2.45) is 0 Å². The number of imide groups is 1. The molecule has 1 aliphatic rings. The van der Waals surface area contributed by atoms with Gasteiger partial charge in [0.25, 0.3) is 11.8 Å². The summed E-state index contributed by atoms with van der Waals surface area (Å²) in [6.07, 6.45) is 1.63. The molecule has 3 aromatic carbocycles. The first-order valence-electron chi connectivity index (χ1n) is 11.3. The van der Waals surface area contributed by atoms with Crippen molar-refractivity contribution < 1.29 is 19.1 Å². The highest BCUT2D eigenvalue weighted by Crippen LogP contribution is 2.33.